The number of esters is 2. The standard InChI is InChI=1S/C17H30O7/c1-8-10-11-14(16(19)20-6)17(5,21-7)24-23-13(4)12(3)15(18)22-9-2/h13-14H,3,8-11H2,1-2,4-7H3. The van der Waals surface area contributed by atoms with Crippen molar-refractivity contribution in [2.75, 3.05) is 20.8 Å². The highest BCUT2D eigenvalue weighted by Gasteiger charge is 2.43. The Labute approximate surface area is 144 Å². The molecule has 0 saturated heterocycles. The normalized spacial score (nSPS) is 15.9. The van der Waals surface area contributed by atoms with Crippen molar-refractivity contribution < 1.29 is 33.6 Å². The summed E-state index contributed by atoms with van der Waals surface area (Å²) >= 11 is 0. The van der Waals surface area contributed by atoms with E-state index in [0.717, 1.165) is 12.8 Å². The minimum Gasteiger partial charge on any atom is -0.469 e. The summed E-state index contributed by atoms with van der Waals surface area (Å²) in [6.07, 6.45) is 1.46. The summed E-state index contributed by atoms with van der Waals surface area (Å²) in [4.78, 5) is 34.3. The van der Waals surface area contributed by atoms with Gasteiger partial charge in [0.25, 0.3) is 0 Å². The molecule has 3 unspecified atom stereocenters. The minimum atomic E-state index is -1.36. The van der Waals surface area contributed by atoms with Gasteiger partial charge in [0.05, 0.1) is 19.3 Å². The molecule has 0 aliphatic carbocycles. The Morgan fingerprint density at radius 3 is 2.29 bits per heavy atom. The van der Waals surface area contributed by atoms with Gasteiger partial charge in [0.2, 0.25) is 5.79 Å². The highest BCUT2D eigenvalue weighted by Crippen LogP contribution is 2.30. The lowest BCUT2D eigenvalue weighted by molar-refractivity contribution is -0.440. The van der Waals surface area contributed by atoms with Crippen molar-refractivity contribution in [2.45, 2.75) is 58.8 Å². The molecule has 0 aromatic carbocycles. The smallest absolute Gasteiger partial charge is 0.336 e. The minimum absolute atomic E-state index is 0.110. The zero-order chi connectivity index (χ0) is 18.8. The predicted molar refractivity (Wildman–Crippen MR) is 87.9 cm³/mol. The molecule has 140 valence electrons. The Kier molecular flexibility index (Phi) is 10.5. The van der Waals surface area contributed by atoms with Crippen molar-refractivity contribution in [3.05, 3.63) is 12.2 Å². The first-order chi connectivity index (χ1) is 11.3. The largest absolute Gasteiger partial charge is 0.469 e. The molecule has 0 aromatic heterocycles. The molecule has 0 N–H and O–H groups in total. The fourth-order valence-corrected chi connectivity index (χ4v) is 1.99. The van der Waals surface area contributed by atoms with Crippen LogP contribution in [0.15, 0.2) is 12.2 Å². The average Bonchev–Trinajstić information content (AvgIpc) is 2.58. The molecule has 0 heterocycles. The van der Waals surface area contributed by atoms with Crippen LogP contribution in [0.1, 0.15) is 47.0 Å². The van der Waals surface area contributed by atoms with Crippen LogP contribution in [0.25, 0.3) is 0 Å². The monoisotopic (exact) mass is 346 g/mol. The highest BCUT2D eigenvalue weighted by atomic mass is 17.2. The lowest BCUT2D eigenvalue weighted by atomic mass is 9.94. The molecule has 24 heavy (non-hydrogen) atoms. The van der Waals surface area contributed by atoms with Crippen LogP contribution in [0, 0.1) is 5.92 Å². The zero-order valence-electron chi connectivity index (χ0n) is 15.5. The Morgan fingerprint density at radius 1 is 1.21 bits per heavy atom. The molecule has 7 nitrogen and oxygen atoms in total. The third-order valence-electron chi connectivity index (χ3n) is 3.76. The third-order valence-corrected chi connectivity index (χ3v) is 3.76. The number of carbonyl (C=O) groups excluding carboxylic acids is 2. The van der Waals surface area contributed by atoms with Gasteiger partial charge in [0, 0.05) is 7.11 Å². The first-order valence-corrected chi connectivity index (χ1v) is 8.10. The molecule has 0 fully saturated rings. The van der Waals surface area contributed by atoms with Crippen LogP contribution in [-0.2, 0) is 33.6 Å². The van der Waals surface area contributed by atoms with Gasteiger partial charge in [-0.05, 0) is 27.2 Å². The van der Waals surface area contributed by atoms with Gasteiger partial charge in [-0.2, -0.15) is 4.89 Å². The molecule has 0 aliphatic rings. The van der Waals surface area contributed by atoms with E-state index in [1.807, 2.05) is 6.92 Å². The number of methoxy groups -OCH3 is 2. The lowest BCUT2D eigenvalue weighted by Gasteiger charge is -2.33. The van der Waals surface area contributed by atoms with Crippen molar-refractivity contribution in [3.8, 4) is 0 Å². The Morgan fingerprint density at radius 2 is 1.83 bits per heavy atom. The van der Waals surface area contributed by atoms with Crippen molar-refractivity contribution in [3.63, 3.8) is 0 Å². The van der Waals surface area contributed by atoms with E-state index in [0.29, 0.717) is 6.42 Å². The zero-order valence-corrected chi connectivity index (χ0v) is 15.5. The predicted octanol–water partition coefficient (Wildman–Crippen LogP) is 2.78. The van der Waals surface area contributed by atoms with Gasteiger partial charge in [0.15, 0.2) is 0 Å². The van der Waals surface area contributed by atoms with E-state index in [2.05, 4.69) is 6.58 Å². The van der Waals surface area contributed by atoms with Gasteiger partial charge in [-0.15, -0.1) is 0 Å². The molecule has 0 aliphatic heterocycles. The number of hydrogen-bond donors (Lipinski definition) is 0. The molecular weight excluding hydrogens is 316 g/mol. The summed E-state index contributed by atoms with van der Waals surface area (Å²) in [7, 11) is 2.72. The van der Waals surface area contributed by atoms with Crippen LogP contribution < -0.4 is 0 Å². The number of ether oxygens (including phenoxy) is 3. The number of carbonyl (C=O) groups is 2. The maximum atomic E-state index is 12.1. The number of unbranched alkanes of at least 4 members (excludes halogenated alkanes) is 1. The van der Waals surface area contributed by atoms with Crippen LogP contribution in [-0.4, -0.2) is 44.7 Å². The van der Waals surface area contributed by atoms with E-state index in [9.17, 15) is 9.59 Å². The maximum absolute atomic E-state index is 12.1. The molecule has 0 rings (SSSR count). The second-order valence-electron chi connectivity index (χ2n) is 5.51. The molecular formula is C17H30O7. The molecule has 7 heteroatoms. The molecule has 3 atom stereocenters. The number of hydrogen-bond acceptors (Lipinski definition) is 7. The molecule has 0 radical (unpaired) electrons. The second-order valence-corrected chi connectivity index (χ2v) is 5.51. The molecule has 0 saturated carbocycles. The van der Waals surface area contributed by atoms with Crippen molar-refractivity contribution in [1.82, 2.24) is 0 Å². The van der Waals surface area contributed by atoms with Gasteiger partial charge in [-0.1, -0.05) is 26.3 Å². The lowest BCUT2D eigenvalue weighted by Crippen LogP contribution is -2.45. The van der Waals surface area contributed by atoms with Crippen molar-refractivity contribution in [1.29, 1.82) is 0 Å². The van der Waals surface area contributed by atoms with E-state index in [1.54, 1.807) is 20.8 Å². The van der Waals surface area contributed by atoms with Crippen molar-refractivity contribution >= 4 is 11.9 Å². The van der Waals surface area contributed by atoms with Crippen LogP contribution in [0.4, 0.5) is 0 Å². The third kappa shape index (κ3) is 6.59. The maximum Gasteiger partial charge on any atom is 0.336 e. The summed E-state index contributed by atoms with van der Waals surface area (Å²) in [5.41, 5.74) is 0.110. The fraction of sp³-hybridized carbons (Fsp3) is 0.765. The second kappa shape index (κ2) is 11.2. The highest BCUT2D eigenvalue weighted by molar-refractivity contribution is 5.88. The van der Waals surface area contributed by atoms with Crippen LogP contribution in [0.2, 0.25) is 0 Å². The Hall–Kier alpha value is -1.44. The topological polar surface area (TPSA) is 80.3 Å². The summed E-state index contributed by atoms with van der Waals surface area (Å²) in [5, 5.41) is 0. The molecule has 0 spiro atoms. The van der Waals surface area contributed by atoms with Gasteiger partial charge >= 0.3 is 11.9 Å². The van der Waals surface area contributed by atoms with Gasteiger partial charge < -0.3 is 14.2 Å². The molecule has 0 amide bonds. The first-order valence-electron chi connectivity index (χ1n) is 8.10. The van der Waals surface area contributed by atoms with Gasteiger partial charge in [-0.3, -0.25) is 4.79 Å². The van der Waals surface area contributed by atoms with E-state index in [4.69, 9.17) is 24.0 Å². The first kappa shape index (κ1) is 22.6. The van der Waals surface area contributed by atoms with Gasteiger partial charge in [0.1, 0.15) is 12.0 Å². The Bertz CT molecular complexity index is 421. The summed E-state index contributed by atoms with van der Waals surface area (Å²) in [6.45, 7) is 10.8. The van der Waals surface area contributed by atoms with Crippen molar-refractivity contribution in [2.24, 2.45) is 5.92 Å². The van der Waals surface area contributed by atoms with Gasteiger partial charge in [-0.25, -0.2) is 9.68 Å². The van der Waals surface area contributed by atoms with E-state index in [1.165, 1.54) is 14.2 Å². The summed E-state index contributed by atoms with van der Waals surface area (Å²) in [5.74, 6) is -3.04. The van der Waals surface area contributed by atoms with E-state index in [-0.39, 0.29) is 12.2 Å². The quantitative estimate of drug-likeness (QED) is 0.177. The molecule has 0 bridgehead atoms. The number of rotatable bonds is 12. The van der Waals surface area contributed by atoms with Crippen LogP contribution >= 0.6 is 0 Å². The fourth-order valence-electron chi connectivity index (χ4n) is 1.99. The SMILES string of the molecule is C=C(C(=O)OCC)C(C)OOC(C)(OC)C(CCCC)C(=O)OC. The Balaban J connectivity index is 4.97. The van der Waals surface area contributed by atoms with Crippen LogP contribution in [0.3, 0.4) is 0 Å². The summed E-state index contributed by atoms with van der Waals surface area (Å²) < 4.78 is 15.1. The van der Waals surface area contributed by atoms with E-state index >= 15 is 0 Å². The molecule has 0 aromatic rings. The van der Waals surface area contributed by atoms with E-state index < -0.39 is 29.7 Å². The van der Waals surface area contributed by atoms with Crippen LogP contribution in [0.5, 0.6) is 0 Å². The average molecular weight is 346 g/mol. The summed E-state index contributed by atoms with van der Waals surface area (Å²) in [6, 6.07) is 0.